The van der Waals surface area contributed by atoms with Crippen LogP contribution < -0.4 is 15.0 Å². The van der Waals surface area contributed by atoms with Crippen molar-refractivity contribution in [1.29, 1.82) is 0 Å². The standard InChI is InChI=1S/C24H27N3O6S2/c1-4-33-21-11-15-22(16-12-21)34(29,30)26-25-24(28)20-9-7-19(8-10-20)17-27(3)35(31,32)23-13-5-18(2)6-14-23/h5-16,26H,4,17H2,1-3H3,(H,25,28). The summed E-state index contributed by atoms with van der Waals surface area (Å²) in [5.41, 5.74) is 4.00. The van der Waals surface area contributed by atoms with Gasteiger partial charge in [-0.3, -0.25) is 10.2 Å². The van der Waals surface area contributed by atoms with E-state index in [2.05, 4.69) is 10.3 Å². The number of sulfonamides is 2. The van der Waals surface area contributed by atoms with Crippen LogP contribution in [-0.2, 0) is 26.6 Å². The number of hydrogen-bond donors (Lipinski definition) is 2. The molecule has 1 amide bonds. The third-order valence-corrected chi connectivity index (χ3v) is 8.18. The van der Waals surface area contributed by atoms with Crippen LogP contribution in [0.1, 0.15) is 28.4 Å². The van der Waals surface area contributed by atoms with Crippen molar-refractivity contribution in [3.05, 3.63) is 89.5 Å². The second-order valence-electron chi connectivity index (χ2n) is 7.74. The molecule has 0 aromatic heterocycles. The topological polar surface area (TPSA) is 122 Å². The Morgan fingerprint density at radius 2 is 1.43 bits per heavy atom. The number of benzene rings is 3. The van der Waals surface area contributed by atoms with Crippen molar-refractivity contribution in [3.63, 3.8) is 0 Å². The van der Waals surface area contributed by atoms with Crippen LogP contribution in [0.2, 0.25) is 0 Å². The highest BCUT2D eigenvalue weighted by molar-refractivity contribution is 7.89. The normalized spacial score (nSPS) is 11.9. The molecule has 0 aliphatic heterocycles. The number of aryl methyl sites for hydroxylation is 1. The van der Waals surface area contributed by atoms with Crippen LogP contribution in [0.15, 0.2) is 82.6 Å². The summed E-state index contributed by atoms with van der Waals surface area (Å²) in [6.45, 7) is 4.25. The van der Waals surface area contributed by atoms with E-state index in [-0.39, 0.29) is 21.9 Å². The van der Waals surface area contributed by atoms with Gasteiger partial charge >= 0.3 is 0 Å². The minimum Gasteiger partial charge on any atom is -0.494 e. The quantitative estimate of drug-likeness (QED) is 0.399. The molecule has 0 heterocycles. The smallest absolute Gasteiger partial charge is 0.266 e. The maximum Gasteiger partial charge on any atom is 0.266 e. The van der Waals surface area contributed by atoms with Gasteiger partial charge in [-0.25, -0.2) is 16.8 Å². The fraction of sp³-hybridized carbons (Fsp3) is 0.208. The van der Waals surface area contributed by atoms with Gasteiger partial charge in [-0.1, -0.05) is 29.8 Å². The molecule has 0 unspecified atom stereocenters. The van der Waals surface area contributed by atoms with Crippen molar-refractivity contribution >= 4 is 26.0 Å². The highest BCUT2D eigenvalue weighted by atomic mass is 32.2. The molecule has 9 nitrogen and oxygen atoms in total. The molecule has 0 fully saturated rings. The van der Waals surface area contributed by atoms with Gasteiger partial charge in [-0.2, -0.15) is 4.31 Å². The van der Waals surface area contributed by atoms with E-state index in [0.717, 1.165) is 5.56 Å². The zero-order valence-corrected chi connectivity index (χ0v) is 21.2. The molecule has 0 saturated heterocycles. The van der Waals surface area contributed by atoms with Crippen LogP contribution >= 0.6 is 0 Å². The van der Waals surface area contributed by atoms with Gasteiger partial charge in [0.1, 0.15) is 5.75 Å². The fourth-order valence-electron chi connectivity index (χ4n) is 3.12. The Morgan fingerprint density at radius 3 is 2.00 bits per heavy atom. The highest BCUT2D eigenvalue weighted by Crippen LogP contribution is 2.18. The average molecular weight is 518 g/mol. The Hall–Kier alpha value is -3.25. The average Bonchev–Trinajstić information content (AvgIpc) is 2.84. The van der Waals surface area contributed by atoms with E-state index in [1.165, 1.54) is 47.8 Å². The second-order valence-corrected chi connectivity index (χ2v) is 11.5. The second kappa shape index (κ2) is 11.0. The monoisotopic (exact) mass is 517 g/mol. The number of nitrogens with zero attached hydrogens (tertiary/aromatic N) is 1. The lowest BCUT2D eigenvalue weighted by Crippen LogP contribution is -2.41. The van der Waals surface area contributed by atoms with Crippen molar-refractivity contribution in [3.8, 4) is 5.75 Å². The molecule has 3 aromatic rings. The van der Waals surface area contributed by atoms with Crippen molar-refractivity contribution in [1.82, 2.24) is 14.6 Å². The Kier molecular flexibility index (Phi) is 8.28. The van der Waals surface area contributed by atoms with Crippen LogP contribution in [0, 0.1) is 6.92 Å². The summed E-state index contributed by atoms with van der Waals surface area (Å²) >= 11 is 0. The first-order valence-corrected chi connectivity index (χ1v) is 13.6. The minimum absolute atomic E-state index is 0.0329. The number of amides is 1. The Balaban J connectivity index is 1.60. The molecule has 2 N–H and O–H groups in total. The predicted molar refractivity (Wildman–Crippen MR) is 132 cm³/mol. The van der Waals surface area contributed by atoms with Gasteiger partial charge in [0.25, 0.3) is 15.9 Å². The van der Waals surface area contributed by atoms with E-state index in [1.807, 2.05) is 13.8 Å². The fourth-order valence-corrected chi connectivity index (χ4v) is 5.12. The SMILES string of the molecule is CCOc1ccc(S(=O)(=O)NNC(=O)c2ccc(CN(C)S(=O)(=O)c3ccc(C)cc3)cc2)cc1. The summed E-state index contributed by atoms with van der Waals surface area (Å²) in [5, 5.41) is 0. The first kappa shape index (κ1) is 26.4. The Labute approximate surface area is 205 Å². The van der Waals surface area contributed by atoms with Crippen LogP contribution in [0.5, 0.6) is 5.75 Å². The van der Waals surface area contributed by atoms with Crippen molar-refractivity contribution < 1.29 is 26.4 Å². The molecule has 11 heteroatoms. The van der Waals surface area contributed by atoms with E-state index in [0.29, 0.717) is 17.9 Å². The molecule has 0 aliphatic carbocycles. The van der Waals surface area contributed by atoms with Gasteiger partial charge in [0.15, 0.2) is 0 Å². The Morgan fingerprint density at radius 1 is 0.857 bits per heavy atom. The van der Waals surface area contributed by atoms with Gasteiger partial charge in [-0.05, 0) is 67.9 Å². The lowest BCUT2D eigenvalue weighted by atomic mass is 10.1. The van der Waals surface area contributed by atoms with E-state index in [1.54, 1.807) is 36.4 Å². The van der Waals surface area contributed by atoms with Gasteiger partial charge in [0.05, 0.1) is 16.4 Å². The summed E-state index contributed by atoms with van der Waals surface area (Å²) in [6, 6.07) is 18.6. The highest BCUT2D eigenvalue weighted by Gasteiger charge is 2.21. The molecule has 35 heavy (non-hydrogen) atoms. The molecule has 3 rings (SSSR count). The first-order chi connectivity index (χ1) is 16.5. The summed E-state index contributed by atoms with van der Waals surface area (Å²) < 4.78 is 56.9. The van der Waals surface area contributed by atoms with Crippen LogP contribution in [0.25, 0.3) is 0 Å². The molecule has 0 saturated carbocycles. The predicted octanol–water partition coefficient (Wildman–Crippen LogP) is 2.84. The lowest BCUT2D eigenvalue weighted by molar-refractivity contribution is 0.0945. The number of ether oxygens (including phenoxy) is 1. The largest absolute Gasteiger partial charge is 0.494 e. The summed E-state index contributed by atoms with van der Waals surface area (Å²) in [6.07, 6.45) is 0. The zero-order chi connectivity index (χ0) is 25.6. The van der Waals surface area contributed by atoms with Crippen molar-refractivity contribution in [2.75, 3.05) is 13.7 Å². The van der Waals surface area contributed by atoms with Crippen LogP contribution in [0.3, 0.4) is 0 Å². The van der Waals surface area contributed by atoms with Gasteiger partial charge in [0.2, 0.25) is 10.0 Å². The summed E-state index contributed by atoms with van der Waals surface area (Å²) in [5.74, 6) is -0.125. The van der Waals surface area contributed by atoms with E-state index in [9.17, 15) is 21.6 Å². The molecular weight excluding hydrogens is 490 g/mol. The molecule has 0 atom stereocenters. The van der Waals surface area contributed by atoms with Gasteiger partial charge in [0, 0.05) is 19.2 Å². The van der Waals surface area contributed by atoms with Crippen molar-refractivity contribution in [2.45, 2.75) is 30.2 Å². The minimum atomic E-state index is -3.98. The molecular formula is C24H27N3O6S2. The number of hydrazine groups is 1. The maximum atomic E-state index is 12.8. The summed E-state index contributed by atoms with van der Waals surface area (Å²) in [7, 11) is -6.17. The number of carbonyl (C=O) groups excluding carboxylic acids is 1. The van der Waals surface area contributed by atoms with Crippen LogP contribution in [-0.4, -0.2) is 40.7 Å². The van der Waals surface area contributed by atoms with Crippen molar-refractivity contribution in [2.24, 2.45) is 0 Å². The first-order valence-electron chi connectivity index (χ1n) is 10.7. The third kappa shape index (κ3) is 6.67. The van der Waals surface area contributed by atoms with Crippen LogP contribution in [0.4, 0.5) is 0 Å². The molecule has 0 spiro atoms. The molecule has 186 valence electrons. The Bertz CT molecular complexity index is 1370. The number of hydrogen-bond acceptors (Lipinski definition) is 6. The molecule has 3 aromatic carbocycles. The van der Waals surface area contributed by atoms with E-state index >= 15 is 0 Å². The van der Waals surface area contributed by atoms with Gasteiger partial charge in [-0.15, -0.1) is 4.83 Å². The molecule has 0 bridgehead atoms. The van der Waals surface area contributed by atoms with E-state index in [4.69, 9.17) is 4.74 Å². The lowest BCUT2D eigenvalue weighted by Gasteiger charge is -2.17. The van der Waals surface area contributed by atoms with Gasteiger partial charge < -0.3 is 4.74 Å². The maximum absolute atomic E-state index is 12.8. The molecule has 0 radical (unpaired) electrons. The zero-order valence-electron chi connectivity index (χ0n) is 19.6. The summed E-state index contributed by atoms with van der Waals surface area (Å²) in [4.78, 5) is 14.6. The van der Waals surface area contributed by atoms with E-state index < -0.39 is 26.0 Å². The number of carbonyl (C=O) groups is 1. The third-order valence-electron chi connectivity index (χ3n) is 5.09. The molecule has 0 aliphatic rings. The number of nitrogens with one attached hydrogen (secondary N) is 2. The number of rotatable bonds is 10.